The highest BCUT2D eigenvalue weighted by molar-refractivity contribution is 5.76. The lowest BCUT2D eigenvalue weighted by Gasteiger charge is -2.48. The zero-order valence-corrected chi connectivity index (χ0v) is 59.4. The zero-order valence-electron chi connectivity index (χ0n) is 59.4. The van der Waals surface area contributed by atoms with Gasteiger partial charge in [0.25, 0.3) is 0 Å². The third-order valence-corrected chi connectivity index (χ3v) is 19.4. The Hall–Kier alpha value is -1.99. The maximum atomic E-state index is 13.4. The number of carbonyl (C=O) groups excluding carboxylic acids is 1. The van der Waals surface area contributed by atoms with Crippen LogP contribution >= 0.6 is 0 Å². The molecule has 12 N–H and O–H groups in total. The fourth-order valence-corrected chi connectivity index (χ4v) is 13.1. The van der Waals surface area contributed by atoms with E-state index in [1.165, 1.54) is 238 Å². The van der Waals surface area contributed by atoms with Crippen molar-refractivity contribution in [1.29, 1.82) is 0 Å². The summed E-state index contributed by atoms with van der Waals surface area (Å²) in [6, 6.07) is -0.987. The quantitative estimate of drug-likeness (QED) is 0.0199. The van der Waals surface area contributed by atoms with E-state index in [1.54, 1.807) is 6.08 Å². The number of amides is 1. The van der Waals surface area contributed by atoms with Crippen LogP contribution in [0.5, 0.6) is 0 Å². The smallest absolute Gasteiger partial charge is 0.220 e. The molecule has 0 aliphatic carbocycles. The minimum absolute atomic E-state index is 0.239. The van der Waals surface area contributed by atoms with Crippen molar-refractivity contribution in [3.63, 3.8) is 0 Å². The average Bonchev–Trinajstić information content (AvgIpc) is 0.787. The summed E-state index contributed by atoms with van der Waals surface area (Å²) >= 11 is 0. The molecule has 3 heterocycles. The van der Waals surface area contributed by atoms with Crippen LogP contribution in [0.15, 0.2) is 36.5 Å². The van der Waals surface area contributed by atoms with Crippen LogP contribution in [0.25, 0.3) is 0 Å². The molecule has 0 radical (unpaired) electrons. The summed E-state index contributed by atoms with van der Waals surface area (Å²) in [5.41, 5.74) is 0. The molecule has 3 rings (SSSR count). The van der Waals surface area contributed by atoms with Gasteiger partial charge in [0.2, 0.25) is 5.91 Å². The van der Waals surface area contributed by atoms with Gasteiger partial charge in [-0.1, -0.05) is 281 Å². The van der Waals surface area contributed by atoms with Gasteiger partial charge in [-0.15, -0.1) is 0 Å². The van der Waals surface area contributed by atoms with Gasteiger partial charge in [0.1, 0.15) is 73.2 Å². The number of hydrogen-bond donors (Lipinski definition) is 12. The molecule has 558 valence electrons. The minimum atomic E-state index is -1.98. The minimum Gasteiger partial charge on any atom is -0.394 e. The first kappa shape index (κ1) is 87.2. The van der Waals surface area contributed by atoms with Crippen LogP contribution in [0.3, 0.4) is 0 Å². The first-order valence-corrected chi connectivity index (χ1v) is 38.7. The van der Waals surface area contributed by atoms with Crippen LogP contribution in [-0.4, -0.2) is 193 Å². The van der Waals surface area contributed by atoms with Crippen LogP contribution in [0.4, 0.5) is 0 Å². The molecule has 0 aromatic carbocycles. The lowest BCUT2D eigenvalue weighted by atomic mass is 9.96. The van der Waals surface area contributed by atoms with E-state index in [4.69, 9.17) is 28.4 Å². The van der Waals surface area contributed by atoms with E-state index >= 15 is 0 Å². The van der Waals surface area contributed by atoms with Crippen molar-refractivity contribution in [3.05, 3.63) is 36.5 Å². The second kappa shape index (κ2) is 57.6. The van der Waals surface area contributed by atoms with E-state index in [1.807, 2.05) is 6.08 Å². The zero-order chi connectivity index (χ0) is 68.9. The highest BCUT2D eigenvalue weighted by atomic mass is 16.8. The van der Waals surface area contributed by atoms with Crippen LogP contribution in [0, 0.1) is 0 Å². The van der Waals surface area contributed by atoms with Crippen molar-refractivity contribution in [1.82, 2.24) is 5.32 Å². The number of carbonyl (C=O) groups is 1. The van der Waals surface area contributed by atoms with Crippen LogP contribution in [-0.2, 0) is 33.2 Å². The Morgan fingerprint density at radius 3 is 1.05 bits per heavy atom. The fourth-order valence-electron chi connectivity index (χ4n) is 13.1. The Labute approximate surface area is 574 Å². The molecule has 0 bridgehead atoms. The van der Waals surface area contributed by atoms with Crippen LogP contribution in [0.1, 0.15) is 309 Å². The molecule has 17 atom stereocenters. The third-order valence-electron chi connectivity index (χ3n) is 19.4. The monoisotopic (exact) mass is 1360 g/mol. The first-order valence-electron chi connectivity index (χ1n) is 38.7. The Bertz CT molecular complexity index is 1860. The molecule has 1 amide bonds. The molecule has 3 saturated heterocycles. The molecule has 3 aliphatic heterocycles. The molecule has 3 fully saturated rings. The summed E-state index contributed by atoms with van der Waals surface area (Å²) in [7, 11) is 0. The highest BCUT2D eigenvalue weighted by Gasteiger charge is 2.53. The number of hydrogen-bond acceptors (Lipinski definition) is 18. The number of rotatable bonds is 61. The topological polar surface area (TPSA) is 307 Å². The predicted octanol–water partition coefficient (Wildman–Crippen LogP) is 11.9. The van der Waals surface area contributed by atoms with E-state index in [-0.39, 0.29) is 18.9 Å². The number of ether oxygens (including phenoxy) is 6. The predicted molar refractivity (Wildman–Crippen MR) is 374 cm³/mol. The molecule has 19 heteroatoms. The number of nitrogens with one attached hydrogen (secondary N) is 1. The number of aliphatic hydroxyl groups is 11. The van der Waals surface area contributed by atoms with Crippen molar-refractivity contribution in [2.24, 2.45) is 0 Å². The summed E-state index contributed by atoms with van der Waals surface area (Å²) in [6.45, 7) is 1.72. The van der Waals surface area contributed by atoms with E-state index < -0.39 is 124 Å². The molecule has 0 saturated carbocycles. The van der Waals surface area contributed by atoms with Crippen molar-refractivity contribution in [2.75, 3.05) is 26.4 Å². The van der Waals surface area contributed by atoms with Gasteiger partial charge in [-0.05, 0) is 57.8 Å². The second-order valence-electron chi connectivity index (χ2n) is 27.8. The molecular formula is C76H141NO18. The van der Waals surface area contributed by atoms with E-state index in [2.05, 4.69) is 43.5 Å². The van der Waals surface area contributed by atoms with Gasteiger partial charge in [0, 0.05) is 6.42 Å². The summed E-state index contributed by atoms with van der Waals surface area (Å²) in [4.78, 5) is 13.4. The van der Waals surface area contributed by atoms with Crippen molar-refractivity contribution < 1.29 is 89.4 Å². The molecule has 0 aromatic heterocycles. The lowest BCUT2D eigenvalue weighted by molar-refractivity contribution is -0.379. The van der Waals surface area contributed by atoms with Gasteiger partial charge in [-0.3, -0.25) is 4.79 Å². The summed E-state index contributed by atoms with van der Waals surface area (Å²) in [5.74, 6) is -0.281. The van der Waals surface area contributed by atoms with Gasteiger partial charge in [-0.25, -0.2) is 0 Å². The SMILES string of the molecule is CCCCCCCCC/C=C/CC/C=C/C(O)C(COC1OC(CO)C(OC2OC(CO)C(OC3OC(CO)C(O)C(O)C3O)C(O)C2O)C(O)C1O)NC(=O)CCCCCCCCCCCCCCCCCCCCCCCCCCC/C=C\CCCCCCCCCC. The van der Waals surface area contributed by atoms with Crippen molar-refractivity contribution in [2.45, 2.75) is 413 Å². The van der Waals surface area contributed by atoms with Crippen LogP contribution < -0.4 is 5.32 Å². The molecule has 3 aliphatic rings. The number of aliphatic hydroxyl groups excluding tert-OH is 11. The largest absolute Gasteiger partial charge is 0.394 e. The highest BCUT2D eigenvalue weighted by Crippen LogP contribution is 2.33. The number of unbranched alkanes of at least 4 members (excludes halogenated alkanes) is 41. The van der Waals surface area contributed by atoms with E-state index in [0.717, 1.165) is 38.5 Å². The molecule has 95 heavy (non-hydrogen) atoms. The third kappa shape index (κ3) is 38.6. The summed E-state index contributed by atoms with van der Waals surface area (Å²) in [6.07, 6.45) is 43.2. The van der Waals surface area contributed by atoms with Crippen LogP contribution in [0.2, 0.25) is 0 Å². The maximum Gasteiger partial charge on any atom is 0.220 e. The van der Waals surface area contributed by atoms with Crippen molar-refractivity contribution >= 4 is 5.91 Å². The van der Waals surface area contributed by atoms with Gasteiger partial charge in [0.15, 0.2) is 18.9 Å². The maximum absolute atomic E-state index is 13.4. The molecule has 17 unspecified atom stereocenters. The normalized spacial score (nSPS) is 27.4. The first-order chi connectivity index (χ1) is 46.3. The Morgan fingerprint density at radius 2 is 0.674 bits per heavy atom. The average molecular weight is 1360 g/mol. The standard InChI is InChI=1S/C76H141NO18/c1-3-5-7-9-11-13-15-17-18-19-20-21-22-23-24-25-26-27-28-29-30-31-32-33-34-35-36-37-38-39-40-42-44-46-48-50-52-54-64(82)77-59(60(81)53-51-49-47-45-43-41-16-14-12-10-8-6-4-2)58-90-74-70(88)67(85)72(62(56-79)92-74)95-76-71(89)68(86)73(63(57-80)93-76)94-75-69(87)66(84)65(83)61(55-78)91-75/h19-20,43,45,51,53,59-63,65-76,78-81,83-89H,3-18,21-42,44,46-50,52,54-58H2,1-2H3,(H,77,82)/b20-19-,45-43+,53-51+. The Kier molecular flexibility index (Phi) is 52.9. The van der Waals surface area contributed by atoms with Crippen molar-refractivity contribution in [3.8, 4) is 0 Å². The molecule has 0 spiro atoms. The summed E-state index contributed by atoms with van der Waals surface area (Å²) in [5, 5.41) is 120. The van der Waals surface area contributed by atoms with Gasteiger partial charge in [-0.2, -0.15) is 0 Å². The fraction of sp³-hybridized carbons (Fsp3) is 0.908. The van der Waals surface area contributed by atoms with Gasteiger partial charge in [0.05, 0.1) is 38.6 Å². The second-order valence-corrected chi connectivity index (χ2v) is 27.8. The number of allylic oxidation sites excluding steroid dienone is 5. The Morgan fingerprint density at radius 1 is 0.368 bits per heavy atom. The molecule has 0 aromatic rings. The summed E-state index contributed by atoms with van der Waals surface area (Å²) < 4.78 is 34.3. The van der Waals surface area contributed by atoms with E-state index in [9.17, 15) is 61.0 Å². The molecular weight excluding hydrogens is 1210 g/mol. The Balaban J connectivity index is 1.30. The van der Waals surface area contributed by atoms with Gasteiger partial charge < -0.3 is 89.9 Å². The molecule has 19 nitrogen and oxygen atoms in total. The van der Waals surface area contributed by atoms with Gasteiger partial charge >= 0.3 is 0 Å². The lowest BCUT2D eigenvalue weighted by Crippen LogP contribution is -2.66. The van der Waals surface area contributed by atoms with E-state index in [0.29, 0.717) is 12.8 Å².